The van der Waals surface area contributed by atoms with E-state index in [1.807, 2.05) is 37.3 Å². The van der Waals surface area contributed by atoms with Crippen LogP contribution < -0.4 is 14.8 Å². The summed E-state index contributed by atoms with van der Waals surface area (Å²) < 4.78 is 15.6. The van der Waals surface area contributed by atoms with E-state index in [0.29, 0.717) is 17.1 Å². The first-order valence-electron chi connectivity index (χ1n) is 7.75. The van der Waals surface area contributed by atoms with E-state index in [-0.39, 0.29) is 13.2 Å². The lowest BCUT2D eigenvalue weighted by Gasteiger charge is -2.12. The van der Waals surface area contributed by atoms with Gasteiger partial charge in [0.05, 0.1) is 14.2 Å². The molecule has 2 aromatic rings. The zero-order chi connectivity index (χ0) is 18.2. The maximum absolute atomic E-state index is 12.2. The summed E-state index contributed by atoms with van der Waals surface area (Å²) in [6.07, 6.45) is 0. The molecule has 0 unspecified atom stereocenters. The first-order chi connectivity index (χ1) is 12.0. The maximum atomic E-state index is 12.2. The molecule has 6 heteroatoms. The van der Waals surface area contributed by atoms with Crippen molar-refractivity contribution in [1.29, 1.82) is 0 Å². The highest BCUT2D eigenvalue weighted by Gasteiger charge is 2.14. The van der Waals surface area contributed by atoms with Crippen molar-refractivity contribution in [1.82, 2.24) is 5.32 Å². The molecule has 2 rings (SSSR count). The Balaban J connectivity index is 1.92. The predicted octanol–water partition coefficient (Wildman–Crippen LogP) is 2.49. The lowest BCUT2D eigenvalue weighted by atomic mass is 10.1. The van der Waals surface area contributed by atoms with Crippen molar-refractivity contribution in [2.75, 3.05) is 20.8 Å². The number of rotatable bonds is 7. The summed E-state index contributed by atoms with van der Waals surface area (Å²) in [7, 11) is 3.04. The third kappa shape index (κ3) is 4.97. The van der Waals surface area contributed by atoms with E-state index in [1.165, 1.54) is 14.2 Å². The minimum absolute atomic E-state index is 0.168. The molecule has 25 heavy (non-hydrogen) atoms. The Labute approximate surface area is 146 Å². The maximum Gasteiger partial charge on any atom is 0.325 e. The van der Waals surface area contributed by atoms with Crippen LogP contribution in [0.3, 0.4) is 0 Å². The van der Waals surface area contributed by atoms with Crippen LogP contribution >= 0.6 is 0 Å². The third-order valence-corrected chi connectivity index (χ3v) is 3.65. The molecule has 1 N–H and O–H groups in total. The van der Waals surface area contributed by atoms with Crippen LogP contribution in [0.4, 0.5) is 0 Å². The number of benzene rings is 2. The summed E-state index contributed by atoms with van der Waals surface area (Å²) in [6, 6.07) is 12.5. The molecule has 0 saturated carbocycles. The topological polar surface area (TPSA) is 73.9 Å². The average molecular weight is 343 g/mol. The number of amides is 1. The predicted molar refractivity (Wildman–Crippen MR) is 92.9 cm³/mol. The molecule has 1 amide bonds. The summed E-state index contributed by atoms with van der Waals surface area (Å²) >= 11 is 0. The number of ether oxygens (including phenoxy) is 3. The first-order valence-corrected chi connectivity index (χ1v) is 7.75. The second-order valence-corrected chi connectivity index (χ2v) is 5.33. The number of nitrogens with one attached hydrogen (secondary N) is 1. The lowest BCUT2D eigenvalue weighted by molar-refractivity contribution is -0.143. The van der Waals surface area contributed by atoms with Crippen LogP contribution in [0, 0.1) is 6.92 Å². The van der Waals surface area contributed by atoms with Gasteiger partial charge in [-0.3, -0.25) is 9.59 Å². The van der Waals surface area contributed by atoms with E-state index in [2.05, 4.69) is 5.32 Å². The third-order valence-electron chi connectivity index (χ3n) is 3.65. The number of methoxy groups -OCH3 is 2. The standard InChI is InChI=1S/C19H21NO5/c1-13-16(23-2)9-15(10-17(13)24-3)19(22)20-11-18(21)25-12-14-7-5-4-6-8-14/h4-10H,11-12H2,1-3H3,(H,20,22). The van der Waals surface area contributed by atoms with Gasteiger partial charge in [-0.05, 0) is 24.6 Å². The van der Waals surface area contributed by atoms with E-state index < -0.39 is 11.9 Å². The fraction of sp³-hybridized carbons (Fsp3) is 0.263. The number of hydrogen-bond donors (Lipinski definition) is 1. The molecule has 0 atom stereocenters. The van der Waals surface area contributed by atoms with Crippen molar-refractivity contribution in [2.45, 2.75) is 13.5 Å². The minimum atomic E-state index is -0.511. The minimum Gasteiger partial charge on any atom is -0.496 e. The molecule has 0 spiro atoms. The van der Waals surface area contributed by atoms with Gasteiger partial charge in [0.15, 0.2) is 0 Å². The molecule has 0 aliphatic rings. The van der Waals surface area contributed by atoms with Crippen LogP contribution in [-0.2, 0) is 16.1 Å². The number of esters is 1. The van der Waals surface area contributed by atoms with Gasteiger partial charge in [-0.2, -0.15) is 0 Å². The molecule has 0 radical (unpaired) electrons. The van der Waals surface area contributed by atoms with E-state index in [9.17, 15) is 9.59 Å². The normalized spacial score (nSPS) is 10.0. The quantitative estimate of drug-likeness (QED) is 0.782. The van der Waals surface area contributed by atoms with Gasteiger partial charge in [0.2, 0.25) is 0 Å². The van der Waals surface area contributed by atoms with Crippen molar-refractivity contribution in [2.24, 2.45) is 0 Å². The van der Waals surface area contributed by atoms with Gasteiger partial charge in [0.1, 0.15) is 24.7 Å². The van der Waals surface area contributed by atoms with Crippen molar-refractivity contribution in [3.8, 4) is 11.5 Å². The highest BCUT2D eigenvalue weighted by atomic mass is 16.5. The van der Waals surface area contributed by atoms with Crippen LogP contribution in [0.1, 0.15) is 21.5 Å². The fourth-order valence-electron chi connectivity index (χ4n) is 2.26. The summed E-state index contributed by atoms with van der Waals surface area (Å²) in [5, 5.41) is 2.53. The molecule has 0 bridgehead atoms. The SMILES string of the molecule is COc1cc(C(=O)NCC(=O)OCc2ccccc2)cc(OC)c1C. The second kappa shape index (κ2) is 8.73. The number of carbonyl (C=O) groups is 2. The molecule has 132 valence electrons. The second-order valence-electron chi connectivity index (χ2n) is 5.33. The molecule has 0 saturated heterocycles. The van der Waals surface area contributed by atoms with E-state index in [0.717, 1.165) is 11.1 Å². The highest BCUT2D eigenvalue weighted by molar-refractivity contribution is 5.96. The average Bonchev–Trinajstić information content (AvgIpc) is 2.65. The molecular formula is C19H21NO5. The fourth-order valence-corrected chi connectivity index (χ4v) is 2.26. The van der Waals surface area contributed by atoms with Crippen LogP contribution in [0.25, 0.3) is 0 Å². The van der Waals surface area contributed by atoms with Crippen molar-refractivity contribution < 1.29 is 23.8 Å². The van der Waals surface area contributed by atoms with E-state index in [4.69, 9.17) is 14.2 Å². The van der Waals surface area contributed by atoms with Crippen LogP contribution in [0.5, 0.6) is 11.5 Å². The van der Waals surface area contributed by atoms with Crippen molar-refractivity contribution in [3.05, 3.63) is 59.2 Å². The van der Waals surface area contributed by atoms with Gasteiger partial charge in [0.25, 0.3) is 5.91 Å². The Morgan fingerprint density at radius 1 is 1.00 bits per heavy atom. The first kappa shape index (κ1) is 18.3. The van der Waals surface area contributed by atoms with Crippen LogP contribution in [0.2, 0.25) is 0 Å². The van der Waals surface area contributed by atoms with Gasteiger partial charge in [0, 0.05) is 11.1 Å². The zero-order valence-corrected chi connectivity index (χ0v) is 14.5. The Morgan fingerprint density at radius 3 is 2.16 bits per heavy atom. The van der Waals surface area contributed by atoms with Gasteiger partial charge in [-0.1, -0.05) is 30.3 Å². The van der Waals surface area contributed by atoms with Gasteiger partial charge in [-0.15, -0.1) is 0 Å². The molecule has 0 aliphatic carbocycles. The Kier molecular flexibility index (Phi) is 6.39. The van der Waals surface area contributed by atoms with Crippen LogP contribution in [0.15, 0.2) is 42.5 Å². The molecule has 0 aromatic heterocycles. The Morgan fingerprint density at radius 2 is 1.60 bits per heavy atom. The summed E-state index contributed by atoms with van der Waals surface area (Å²) in [6.45, 7) is 1.78. The summed E-state index contributed by atoms with van der Waals surface area (Å²) in [4.78, 5) is 24.0. The Hall–Kier alpha value is -3.02. The molecule has 2 aromatic carbocycles. The lowest BCUT2D eigenvalue weighted by Crippen LogP contribution is -2.30. The number of carbonyl (C=O) groups excluding carboxylic acids is 2. The molecule has 0 aliphatic heterocycles. The summed E-state index contributed by atoms with van der Waals surface area (Å²) in [5.41, 5.74) is 2.02. The van der Waals surface area contributed by atoms with Crippen molar-refractivity contribution in [3.63, 3.8) is 0 Å². The summed E-state index contributed by atoms with van der Waals surface area (Å²) in [5.74, 6) is 0.156. The Bertz CT molecular complexity index is 718. The molecule has 0 heterocycles. The molecular weight excluding hydrogens is 322 g/mol. The largest absolute Gasteiger partial charge is 0.496 e. The monoisotopic (exact) mass is 343 g/mol. The van der Waals surface area contributed by atoms with Gasteiger partial charge >= 0.3 is 5.97 Å². The molecule has 0 fully saturated rings. The molecule has 6 nitrogen and oxygen atoms in total. The highest BCUT2D eigenvalue weighted by Crippen LogP contribution is 2.29. The van der Waals surface area contributed by atoms with E-state index >= 15 is 0 Å². The number of hydrogen-bond acceptors (Lipinski definition) is 5. The van der Waals surface area contributed by atoms with E-state index in [1.54, 1.807) is 12.1 Å². The van der Waals surface area contributed by atoms with Gasteiger partial charge < -0.3 is 19.5 Å². The van der Waals surface area contributed by atoms with Crippen molar-refractivity contribution >= 4 is 11.9 Å². The zero-order valence-electron chi connectivity index (χ0n) is 14.5. The smallest absolute Gasteiger partial charge is 0.325 e. The van der Waals surface area contributed by atoms with Crippen LogP contribution in [-0.4, -0.2) is 32.6 Å². The van der Waals surface area contributed by atoms with Gasteiger partial charge in [-0.25, -0.2) is 0 Å².